The molecule has 23 heavy (non-hydrogen) atoms. The molecular formula is C17H19N3O2S. The summed E-state index contributed by atoms with van der Waals surface area (Å²) in [6, 6.07) is 7.23. The lowest BCUT2D eigenvalue weighted by atomic mass is 10.1. The summed E-state index contributed by atoms with van der Waals surface area (Å²) in [7, 11) is 0. The van der Waals surface area contributed by atoms with Crippen LogP contribution >= 0.6 is 11.3 Å². The first-order valence-corrected chi connectivity index (χ1v) is 8.51. The molecule has 0 unspecified atom stereocenters. The minimum absolute atomic E-state index is 0.00656. The average molecular weight is 329 g/mol. The summed E-state index contributed by atoms with van der Waals surface area (Å²) in [4.78, 5) is 31.9. The lowest BCUT2D eigenvalue weighted by Crippen LogP contribution is -2.45. The van der Waals surface area contributed by atoms with Crippen molar-refractivity contribution >= 4 is 34.0 Å². The molecule has 1 atom stereocenters. The van der Waals surface area contributed by atoms with Crippen LogP contribution in [0, 0.1) is 6.92 Å². The summed E-state index contributed by atoms with van der Waals surface area (Å²) in [6.45, 7) is 3.70. The molecule has 2 heterocycles. The summed E-state index contributed by atoms with van der Waals surface area (Å²) < 4.78 is 0. The molecule has 0 saturated heterocycles. The second-order valence-corrected chi connectivity index (χ2v) is 6.92. The molecule has 1 aromatic heterocycles. The molecule has 0 fully saturated rings. The van der Waals surface area contributed by atoms with Gasteiger partial charge in [0.1, 0.15) is 6.04 Å². The van der Waals surface area contributed by atoms with Gasteiger partial charge in [-0.1, -0.05) is 18.2 Å². The number of carbonyl (C=O) groups is 2. The highest BCUT2D eigenvalue weighted by Crippen LogP contribution is 2.29. The van der Waals surface area contributed by atoms with Crippen molar-refractivity contribution in [3.05, 3.63) is 40.9 Å². The Hall–Kier alpha value is -2.21. The number of benzene rings is 1. The fourth-order valence-corrected chi connectivity index (χ4v) is 3.47. The first-order valence-electron chi connectivity index (χ1n) is 7.69. The smallest absolute Gasteiger partial charge is 0.249 e. The van der Waals surface area contributed by atoms with Crippen molar-refractivity contribution in [3.8, 4) is 0 Å². The lowest BCUT2D eigenvalue weighted by molar-refractivity contribution is -0.123. The first-order chi connectivity index (χ1) is 11.1. The molecule has 0 spiro atoms. The molecule has 3 rings (SSSR count). The molecule has 5 nitrogen and oxygen atoms in total. The van der Waals surface area contributed by atoms with Crippen LogP contribution in [0.1, 0.15) is 30.2 Å². The number of hydrogen-bond acceptors (Lipinski definition) is 4. The zero-order valence-corrected chi connectivity index (χ0v) is 14.0. The predicted molar refractivity (Wildman–Crippen MR) is 91.8 cm³/mol. The van der Waals surface area contributed by atoms with Crippen LogP contribution in [0.3, 0.4) is 0 Å². The highest BCUT2D eigenvalue weighted by Gasteiger charge is 2.30. The van der Waals surface area contributed by atoms with Gasteiger partial charge in [0, 0.05) is 23.2 Å². The Bertz CT molecular complexity index is 741. The fourth-order valence-electron chi connectivity index (χ4n) is 2.81. The van der Waals surface area contributed by atoms with Crippen molar-refractivity contribution in [3.63, 3.8) is 0 Å². The third kappa shape index (κ3) is 3.27. The minimum atomic E-state index is -0.578. The van der Waals surface area contributed by atoms with E-state index in [2.05, 4.69) is 10.3 Å². The summed E-state index contributed by atoms with van der Waals surface area (Å²) in [5.74, 6) is -0.225. The van der Waals surface area contributed by atoms with Gasteiger partial charge in [0.15, 0.2) is 5.13 Å². The Morgan fingerprint density at radius 3 is 2.87 bits per heavy atom. The Morgan fingerprint density at radius 1 is 1.35 bits per heavy atom. The van der Waals surface area contributed by atoms with Crippen LogP contribution in [0.4, 0.5) is 10.8 Å². The van der Waals surface area contributed by atoms with Crippen LogP contribution in [-0.2, 0) is 16.0 Å². The van der Waals surface area contributed by atoms with E-state index in [9.17, 15) is 9.59 Å². The topological polar surface area (TPSA) is 62.3 Å². The number of anilines is 2. The van der Waals surface area contributed by atoms with Crippen LogP contribution < -0.4 is 10.2 Å². The Kier molecular flexibility index (Phi) is 4.43. The zero-order valence-electron chi connectivity index (χ0n) is 13.2. The Balaban J connectivity index is 1.86. The van der Waals surface area contributed by atoms with Gasteiger partial charge in [-0.05, 0) is 38.3 Å². The fraction of sp³-hybridized carbons (Fsp3) is 0.353. The summed E-state index contributed by atoms with van der Waals surface area (Å²) in [5.41, 5.74) is 1.95. The number of carbonyl (C=O) groups excluding carboxylic acids is 2. The lowest BCUT2D eigenvalue weighted by Gasteiger charge is -2.28. The number of amides is 2. The van der Waals surface area contributed by atoms with Crippen molar-refractivity contribution < 1.29 is 9.59 Å². The number of hydrogen-bond donors (Lipinski definition) is 1. The molecule has 1 N–H and O–H groups in total. The number of thiazole rings is 1. The second kappa shape index (κ2) is 6.50. The van der Waals surface area contributed by atoms with Crippen LogP contribution in [0.5, 0.6) is 0 Å². The molecule has 1 aromatic carbocycles. The normalized spacial score (nSPS) is 15.7. The maximum Gasteiger partial charge on any atom is 0.249 e. The number of aryl methyl sites for hydroxylation is 2. The van der Waals surface area contributed by atoms with E-state index in [0.29, 0.717) is 11.6 Å². The number of para-hydroxylation sites is 1. The standard InChI is InChI=1S/C17H19N3O2S/c1-11-10-18-17(23-11)19-16(22)12(2)20-14-8-4-3-6-13(14)7-5-9-15(20)21/h3-4,6,8,10,12H,5,7,9H2,1-2H3,(H,18,19,22)/t12-/m1/s1. The first kappa shape index (κ1) is 15.7. The highest BCUT2D eigenvalue weighted by molar-refractivity contribution is 7.15. The summed E-state index contributed by atoms with van der Waals surface area (Å²) in [6.07, 6.45) is 3.85. The third-order valence-corrected chi connectivity index (χ3v) is 4.80. The van der Waals surface area contributed by atoms with E-state index in [1.807, 2.05) is 31.2 Å². The molecule has 6 heteroatoms. The van der Waals surface area contributed by atoms with Gasteiger partial charge >= 0.3 is 0 Å². The summed E-state index contributed by atoms with van der Waals surface area (Å²) in [5, 5.41) is 3.37. The largest absolute Gasteiger partial charge is 0.300 e. The molecule has 2 amide bonds. The van der Waals surface area contributed by atoms with Gasteiger partial charge in [-0.15, -0.1) is 11.3 Å². The van der Waals surface area contributed by atoms with Crippen LogP contribution in [0.2, 0.25) is 0 Å². The van der Waals surface area contributed by atoms with Gasteiger partial charge in [0.25, 0.3) is 0 Å². The SMILES string of the molecule is Cc1cnc(NC(=O)[C@@H](C)N2C(=O)CCCc3ccccc32)s1. The molecule has 120 valence electrons. The molecule has 1 aliphatic rings. The van der Waals surface area contributed by atoms with Gasteiger partial charge in [-0.3, -0.25) is 14.5 Å². The van der Waals surface area contributed by atoms with Crippen molar-refractivity contribution in [2.45, 2.75) is 39.2 Å². The quantitative estimate of drug-likeness (QED) is 0.941. The molecule has 0 bridgehead atoms. The summed E-state index contributed by atoms with van der Waals surface area (Å²) >= 11 is 1.42. The number of nitrogens with one attached hydrogen (secondary N) is 1. The molecule has 0 radical (unpaired) electrons. The average Bonchev–Trinajstić information content (AvgIpc) is 2.85. The van der Waals surface area contributed by atoms with E-state index in [1.54, 1.807) is 18.0 Å². The van der Waals surface area contributed by atoms with E-state index in [4.69, 9.17) is 0 Å². The molecular weight excluding hydrogens is 310 g/mol. The molecule has 2 aromatic rings. The molecule has 1 aliphatic heterocycles. The van der Waals surface area contributed by atoms with Gasteiger partial charge in [-0.2, -0.15) is 0 Å². The highest BCUT2D eigenvalue weighted by atomic mass is 32.1. The second-order valence-electron chi connectivity index (χ2n) is 5.69. The van der Waals surface area contributed by atoms with Crippen LogP contribution in [0.15, 0.2) is 30.5 Å². The minimum Gasteiger partial charge on any atom is -0.300 e. The van der Waals surface area contributed by atoms with Gasteiger partial charge < -0.3 is 5.32 Å². The third-order valence-electron chi connectivity index (χ3n) is 3.97. The van der Waals surface area contributed by atoms with Crippen molar-refractivity contribution in [1.29, 1.82) is 0 Å². The predicted octanol–water partition coefficient (Wildman–Crippen LogP) is 3.15. The van der Waals surface area contributed by atoms with Crippen molar-refractivity contribution in [1.82, 2.24) is 4.98 Å². The number of fused-ring (bicyclic) bond motifs is 1. The molecule has 0 aliphatic carbocycles. The van der Waals surface area contributed by atoms with E-state index < -0.39 is 6.04 Å². The van der Waals surface area contributed by atoms with Gasteiger partial charge in [-0.25, -0.2) is 4.98 Å². The Labute approximate surface area is 139 Å². The van der Waals surface area contributed by atoms with E-state index in [1.165, 1.54) is 11.3 Å². The van der Waals surface area contributed by atoms with Crippen LogP contribution in [0.25, 0.3) is 0 Å². The maximum atomic E-state index is 12.6. The van der Waals surface area contributed by atoms with E-state index in [0.717, 1.165) is 29.0 Å². The van der Waals surface area contributed by atoms with Gasteiger partial charge in [0.2, 0.25) is 11.8 Å². The number of aromatic nitrogens is 1. The zero-order chi connectivity index (χ0) is 16.4. The van der Waals surface area contributed by atoms with Crippen molar-refractivity contribution in [2.75, 3.05) is 10.2 Å². The van der Waals surface area contributed by atoms with E-state index in [-0.39, 0.29) is 11.8 Å². The maximum absolute atomic E-state index is 12.6. The number of rotatable bonds is 3. The monoisotopic (exact) mass is 329 g/mol. The Morgan fingerprint density at radius 2 is 2.13 bits per heavy atom. The number of nitrogens with zero attached hydrogens (tertiary/aromatic N) is 2. The van der Waals surface area contributed by atoms with Crippen molar-refractivity contribution in [2.24, 2.45) is 0 Å². The van der Waals surface area contributed by atoms with E-state index >= 15 is 0 Å². The van der Waals surface area contributed by atoms with Gasteiger partial charge in [0.05, 0.1) is 0 Å². The molecule has 0 saturated carbocycles. The van der Waals surface area contributed by atoms with Crippen LogP contribution in [-0.4, -0.2) is 22.8 Å².